The molecule has 0 saturated heterocycles. The van der Waals surface area contributed by atoms with E-state index in [1.54, 1.807) is 0 Å². The lowest BCUT2D eigenvalue weighted by atomic mass is 10.1. The third-order valence-corrected chi connectivity index (χ3v) is 3.49. The monoisotopic (exact) mass is 351 g/mol. The molecule has 0 spiro atoms. The molecule has 0 fully saturated rings. The van der Waals surface area contributed by atoms with E-state index in [0.29, 0.717) is 6.54 Å². The van der Waals surface area contributed by atoms with E-state index in [4.69, 9.17) is 5.11 Å². The molecule has 0 aromatic heterocycles. The molecule has 1 rings (SSSR count). The lowest BCUT2D eigenvalue weighted by molar-refractivity contribution is 0.105. The Morgan fingerprint density at radius 1 is 1.31 bits per heavy atom. The predicted octanol–water partition coefficient (Wildman–Crippen LogP) is 2.54. The van der Waals surface area contributed by atoms with Gasteiger partial charge in [0.25, 0.3) is 0 Å². The van der Waals surface area contributed by atoms with E-state index >= 15 is 0 Å². The molecule has 0 saturated carbocycles. The van der Waals surface area contributed by atoms with Gasteiger partial charge in [-0.25, -0.2) is 0 Å². The fourth-order valence-corrected chi connectivity index (χ4v) is 2.84. The number of anilines is 1. The Bertz CT molecular complexity index is 335. The van der Waals surface area contributed by atoms with Crippen LogP contribution in [0.25, 0.3) is 0 Å². The molecular formula is C11H15Br2NO2. The van der Waals surface area contributed by atoms with Crippen molar-refractivity contribution in [1.82, 2.24) is 0 Å². The number of hydrogen-bond acceptors (Lipinski definition) is 3. The predicted molar refractivity (Wildman–Crippen MR) is 72.8 cm³/mol. The summed E-state index contributed by atoms with van der Waals surface area (Å²) in [5.74, 6) is 0. The Morgan fingerprint density at radius 2 is 1.88 bits per heavy atom. The van der Waals surface area contributed by atoms with Crippen LogP contribution in [-0.2, 0) is 6.42 Å². The fourth-order valence-electron chi connectivity index (χ4n) is 1.28. The Hall–Kier alpha value is -0.100. The van der Waals surface area contributed by atoms with Crippen molar-refractivity contribution in [2.24, 2.45) is 0 Å². The van der Waals surface area contributed by atoms with Crippen molar-refractivity contribution in [3.05, 3.63) is 26.6 Å². The number of nitrogens with one attached hydrogen (secondary N) is 1. The molecule has 3 nitrogen and oxygen atoms in total. The summed E-state index contributed by atoms with van der Waals surface area (Å²) in [7, 11) is 0. The van der Waals surface area contributed by atoms with Gasteiger partial charge in [-0.1, -0.05) is 6.92 Å². The van der Waals surface area contributed by atoms with Crippen LogP contribution in [0.2, 0.25) is 0 Å². The Balaban J connectivity index is 2.80. The molecule has 90 valence electrons. The van der Waals surface area contributed by atoms with Crippen molar-refractivity contribution in [1.29, 1.82) is 0 Å². The first kappa shape index (κ1) is 14.0. The summed E-state index contributed by atoms with van der Waals surface area (Å²) in [6, 6.07) is 4.08. The minimum atomic E-state index is -0.746. The maximum Gasteiger partial charge on any atom is 0.0942 e. The van der Waals surface area contributed by atoms with Crippen molar-refractivity contribution < 1.29 is 10.2 Å². The first-order valence-electron chi connectivity index (χ1n) is 5.09. The van der Waals surface area contributed by atoms with E-state index < -0.39 is 6.10 Å². The highest BCUT2D eigenvalue weighted by Gasteiger charge is 2.08. The Labute approximate surface area is 112 Å². The van der Waals surface area contributed by atoms with Crippen molar-refractivity contribution in [3.8, 4) is 0 Å². The molecule has 0 amide bonds. The smallest absolute Gasteiger partial charge is 0.0942 e. The number of halogens is 2. The molecule has 0 aliphatic carbocycles. The zero-order valence-electron chi connectivity index (χ0n) is 9.00. The van der Waals surface area contributed by atoms with E-state index in [1.165, 1.54) is 5.56 Å². The molecule has 3 N–H and O–H groups in total. The molecule has 1 aromatic carbocycles. The molecule has 16 heavy (non-hydrogen) atoms. The third-order valence-electron chi connectivity index (χ3n) is 2.24. The molecule has 0 aliphatic rings. The molecule has 5 heteroatoms. The van der Waals surface area contributed by atoms with Crippen LogP contribution in [0.5, 0.6) is 0 Å². The average Bonchev–Trinajstić information content (AvgIpc) is 2.27. The van der Waals surface area contributed by atoms with E-state index in [9.17, 15) is 5.11 Å². The Morgan fingerprint density at radius 3 is 2.31 bits per heavy atom. The van der Waals surface area contributed by atoms with Gasteiger partial charge in [0.15, 0.2) is 0 Å². The summed E-state index contributed by atoms with van der Waals surface area (Å²) in [6.45, 7) is 2.17. The number of aliphatic hydroxyl groups is 2. The topological polar surface area (TPSA) is 52.5 Å². The molecule has 1 aromatic rings. The number of rotatable bonds is 5. The van der Waals surface area contributed by atoms with Gasteiger partial charge < -0.3 is 15.5 Å². The average molecular weight is 353 g/mol. The summed E-state index contributed by atoms with van der Waals surface area (Å²) in [5, 5.41) is 21.1. The van der Waals surface area contributed by atoms with Crippen LogP contribution in [0.3, 0.4) is 0 Å². The van der Waals surface area contributed by atoms with Crippen molar-refractivity contribution >= 4 is 37.5 Å². The molecular weight excluding hydrogens is 338 g/mol. The van der Waals surface area contributed by atoms with Crippen LogP contribution in [0, 0.1) is 0 Å². The zero-order valence-corrected chi connectivity index (χ0v) is 12.2. The van der Waals surface area contributed by atoms with Gasteiger partial charge in [-0.3, -0.25) is 0 Å². The SMILES string of the molecule is CCc1cc(Br)c(NCC(O)CO)c(Br)c1. The first-order chi connectivity index (χ1) is 7.58. The van der Waals surface area contributed by atoms with Gasteiger partial charge >= 0.3 is 0 Å². The molecule has 1 atom stereocenters. The van der Waals surface area contributed by atoms with Crippen molar-refractivity contribution in [2.75, 3.05) is 18.5 Å². The van der Waals surface area contributed by atoms with Gasteiger partial charge in [-0.15, -0.1) is 0 Å². The molecule has 0 radical (unpaired) electrons. The molecule has 1 unspecified atom stereocenters. The van der Waals surface area contributed by atoms with Crippen molar-refractivity contribution in [3.63, 3.8) is 0 Å². The third kappa shape index (κ3) is 3.73. The van der Waals surface area contributed by atoms with Gasteiger partial charge in [0.1, 0.15) is 0 Å². The van der Waals surface area contributed by atoms with E-state index in [2.05, 4.69) is 44.1 Å². The second kappa shape index (κ2) is 6.59. The minimum Gasteiger partial charge on any atom is -0.394 e. The quantitative estimate of drug-likeness (QED) is 0.763. The highest BCUT2D eigenvalue weighted by atomic mass is 79.9. The van der Waals surface area contributed by atoms with Crippen LogP contribution in [0.4, 0.5) is 5.69 Å². The maximum absolute atomic E-state index is 9.26. The standard InChI is InChI=1S/C11H15Br2NO2/c1-2-7-3-9(12)11(10(13)4-7)14-5-8(16)6-15/h3-4,8,14-16H,2,5-6H2,1H3. The molecule has 0 aliphatic heterocycles. The maximum atomic E-state index is 9.26. The van der Waals surface area contributed by atoms with Gasteiger partial charge in [-0.05, 0) is 56.0 Å². The summed E-state index contributed by atoms with van der Waals surface area (Å²) < 4.78 is 1.90. The van der Waals surface area contributed by atoms with Crippen LogP contribution in [-0.4, -0.2) is 29.5 Å². The normalized spacial score (nSPS) is 12.6. The van der Waals surface area contributed by atoms with Gasteiger partial charge in [-0.2, -0.15) is 0 Å². The van der Waals surface area contributed by atoms with Crippen molar-refractivity contribution in [2.45, 2.75) is 19.4 Å². The molecule has 0 heterocycles. The van der Waals surface area contributed by atoms with Crippen LogP contribution < -0.4 is 5.32 Å². The second-order valence-corrected chi connectivity index (χ2v) is 5.21. The second-order valence-electron chi connectivity index (χ2n) is 3.51. The minimum absolute atomic E-state index is 0.241. The number of benzene rings is 1. The first-order valence-corrected chi connectivity index (χ1v) is 6.67. The highest BCUT2D eigenvalue weighted by molar-refractivity contribution is 9.11. The summed E-state index contributed by atoms with van der Waals surface area (Å²) in [6.07, 6.45) is 0.223. The number of aliphatic hydroxyl groups excluding tert-OH is 2. The van der Waals surface area contributed by atoms with Gasteiger partial charge in [0.2, 0.25) is 0 Å². The largest absolute Gasteiger partial charge is 0.394 e. The van der Waals surface area contributed by atoms with Crippen LogP contribution >= 0.6 is 31.9 Å². The van der Waals surface area contributed by atoms with Gasteiger partial charge in [0, 0.05) is 15.5 Å². The fraction of sp³-hybridized carbons (Fsp3) is 0.455. The lowest BCUT2D eigenvalue weighted by Gasteiger charge is -2.14. The zero-order chi connectivity index (χ0) is 12.1. The van der Waals surface area contributed by atoms with E-state index in [-0.39, 0.29) is 6.61 Å². The highest BCUT2D eigenvalue weighted by Crippen LogP contribution is 2.32. The lowest BCUT2D eigenvalue weighted by Crippen LogP contribution is -2.23. The van der Waals surface area contributed by atoms with Gasteiger partial charge in [0.05, 0.1) is 18.4 Å². The molecule has 0 bridgehead atoms. The van der Waals surface area contributed by atoms with Crippen LogP contribution in [0.15, 0.2) is 21.1 Å². The number of hydrogen-bond donors (Lipinski definition) is 3. The summed E-state index contributed by atoms with van der Waals surface area (Å²) in [5.41, 5.74) is 2.12. The Kier molecular flexibility index (Phi) is 5.75. The van der Waals surface area contributed by atoms with E-state index in [0.717, 1.165) is 21.1 Å². The van der Waals surface area contributed by atoms with E-state index in [1.807, 2.05) is 12.1 Å². The number of aryl methyl sites for hydroxylation is 1. The summed E-state index contributed by atoms with van der Waals surface area (Å²) in [4.78, 5) is 0. The summed E-state index contributed by atoms with van der Waals surface area (Å²) >= 11 is 6.95. The van der Waals surface area contributed by atoms with Crippen LogP contribution in [0.1, 0.15) is 12.5 Å².